The molecule has 114 valence electrons. The average Bonchev–Trinajstić information content (AvgIpc) is 3.37. The summed E-state index contributed by atoms with van der Waals surface area (Å²) in [6, 6.07) is 2.19. The van der Waals surface area contributed by atoms with Gasteiger partial charge < -0.3 is 9.80 Å². The predicted molar refractivity (Wildman–Crippen MR) is 81.2 cm³/mol. The molecule has 4 rings (SSSR count). The van der Waals surface area contributed by atoms with Crippen LogP contribution in [0.1, 0.15) is 44.7 Å². The molecule has 1 aromatic heterocycles. The lowest BCUT2D eigenvalue weighted by Gasteiger charge is -2.35. The zero-order valence-electron chi connectivity index (χ0n) is 12.9. The first-order chi connectivity index (χ1) is 10.0. The second-order valence-corrected chi connectivity index (χ2v) is 7.51. The van der Waals surface area contributed by atoms with Crippen molar-refractivity contribution < 1.29 is 4.79 Å². The lowest BCUT2D eigenvalue weighted by molar-refractivity contribution is -0.133. The third-order valence-corrected chi connectivity index (χ3v) is 5.33. The highest BCUT2D eigenvalue weighted by atomic mass is 16.2. The number of anilines is 1. The molecule has 0 radical (unpaired) electrons. The molecule has 1 amide bonds. The van der Waals surface area contributed by atoms with Crippen LogP contribution in [0.3, 0.4) is 0 Å². The van der Waals surface area contributed by atoms with Crippen molar-refractivity contribution in [2.75, 3.05) is 31.1 Å². The van der Waals surface area contributed by atoms with E-state index in [1.54, 1.807) is 0 Å². The van der Waals surface area contributed by atoms with Crippen LogP contribution in [0.2, 0.25) is 0 Å². The van der Waals surface area contributed by atoms with Crippen molar-refractivity contribution in [3.8, 4) is 0 Å². The van der Waals surface area contributed by atoms with Gasteiger partial charge in [0, 0.05) is 49.8 Å². The quantitative estimate of drug-likeness (QED) is 0.925. The Morgan fingerprint density at radius 1 is 1.29 bits per heavy atom. The largest absolute Gasteiger partial charge is 0.352 e. The fourth-order valence-corrected chi connectivity index (χ4v) is 3.36. The van der Waals surface area contributed by atoms with E-state index in [2.05, 4.69) is 35.0 Å². The molecule has 1 atom stereocenters. The van der Waals surface area contributed by atoms with Crippen molar-refractivity contribution in [1.29, 1.82) is 0 Å². The van der Waals surface area contributed by atoms with E-state index < -0.39 is 0 Å². The van der Waals surface area contributed by atoms with E-state index in [0.717, 1.165) is 38.4 Å². The summed E-state index contributed by atoms with van der Waals surface area (Å²) in [4.78, 5) is 16.7. The van der Waals surface area contributed by atoms with Gasteiger partial charge in [-0.05, 0) is 24.7 Å². The third-order valence-electron chi connectivity index (χ3n) is 5.33. The maximum atomic E-state index is 12.4. The highest BCUT2D eigenvalue weighted by molar-refractivity contribution is 5.82. The SMILES string of the molecule is CC1(C)CC1C(=O)N1CCN(c2cc(C3CC3)[nH]n2)CC1. The second-order valence-electron chi connectivity index (χ2n) is 7.51. The Balaban J connectivity index is 1.34. The topological polar surface area (TPSA) is 52.2 Å². The van der Waals surface area contributed by atoms with Gasteiger partial charge in [-0.3, -0.25) is 9.89 Å². The molecule has 1 saturated heterocycles. The molecule has 2 aliphatic carbocycles. The monoisotopic (exact) mass is 288 g/mol. The summed E-state index contributed by atoms with van der Waals surface area (Å²) in [7, 11) is 0. The summed E-state index contributed by atoms with van der Waals surface area (Å²) in [5.41, 5.74) is 1.51. The van der Waals surface area contributed by atoms with Crippen LogP contribution in [-0.4, -0.2) is 47.2 Å². The Kier molecular flexibility index (Phi) is 2.81. The van der Waals surface area contributed by atoms with Crippen molar-refractivity contribution >= 4 is 11.7 Å². The number of piperazine rings is 1. The first-order valence-corrected chi connectivity index (χ1v) is 8.14. The van der Waals surface area contributed by atoms with Crippen LogP contribution in [0.5, 0.6) is 0 Å². The highest BCUT2D eigenvalue weighted by Crippen LogP contribution is 2.52. The van der Waals surface area contributed by atoms with Crippen LogP contribution in [0.4, 0.5) is 5.82 Å². The number of hydrogen-bond donors (Lipinski definition) is 1. The number of aromatic amines is 1. The molecule has 5 heteroatoms. The van der Waals surface area contributed by atoms with Crippen molar-refractivity contribution in [2.45, 2.75) is 39.0 Å². The number of rotatable bonds is 3. The van der Waals surface area contributed by atoms with Gasteiger partial charge in [-0.25, -0.2) is 0 Å². The molecular weight excluding hydrogens is 264 g/mol. The molecule has 0 bridgehead atoms. The zero-order valence-corrected chi connectivity index (χ0v) is 12.9. The van der Waals surface area contributed by atoms with Gasteiger partial charge in [0.1, 0.15) is 0 Å². The summed E-state index contributed by atoms with van der Waals surface area (Å²) < 4.78 is 0. The van der Waals surface area contributed by atoms with E-state index in [1.165, 1.54) is 18.5 Å². The molecule has 5 nitrogen and oxygen atoms in total. The Bertz CT molecular complexity index is 552. The Hall–Kier alpha value is -1.52. The van der Waals surface area contributed by atoms with Crippen molar-refractivity contribution in [1.82, 2.24) is 15.1 Å². The normalized spacial score (nSPS) is 27.8. The maximum absolute atomic E-state index is 12.4. The molecule has 0 aromatic carbocycles. The fraction of sp³-hybridized carbons (Fsp3) is 0.750. The Labute approximate surface area is 125 Å². The molecule has 1 N–H and O–H groups in total. The van der Waals surface area contributed by atoms with Crippen LogP contribution < -0.4 is 4.90 Å². The maximum Gasteiger partial charge on any atom is 0.226 e. The number of nitrogens with one attached hydrogen (secondary N) is 1. The molecule has 2 saturated carbocycles. The summed E-state index contributed by atoms with van der Waals surface area (Å²) in [6.07, 6.45) is 3.64. The minimum Gasteiger partial charge on any atom is -0.352 e. The minimum atomic E-state index is 0.232. The van der Waals surface area contributed by atoms with Gasteiger partial charge in [0.25, 0.3) is 0 Å². The number of nitrogens with zero attached hydrogens (tertiary/aromatic N) is 3. The molecule has 1 aliphatic heterocycles. The molecule has 1 aromatic rings. The number of carbonyl (C=O) groups excluding carboxylic acids is 1. The van der Waals surface area contributed by atoms with E-state index in [9.17, 15) is 4.79 Å². The lowest BCUT2D eigenvalue weighted by atomic mass is 10.1. The highest BCUT2D eigenvalue weighted by Gasteiger charge is 2.52. The number of amides is 1. The Morgan fingerprint density at radius 3 is 2.52 bits per heavy atom. The van der Waals surface area contributed by atoms with E-state index in [-0.39, 0.29) is 11.3 Å². The molecule has 3 fully saturated rings. The van der Waals surface area contributed by atoms with Gasteiger partial charge >= 0.3 is 0 Å². The Morgan fingerprint density at radius 2 is 1.95 bits per heavy atom. The van der Waals surface area contributed by atoms with Gasteiger partial charge in [-0.2, -0.15) is 5.10 Å². The number of hydrogen-bond acceptors (Lipinski definition) is 3. The smallest absolute Gasteiger partial charge is 0.226 e. The van der Waals surface area contributed by atoms with Gasteiger partial charge in [-0.1, -0.05) is 13.8 Å². The molecule has 2 heterocycles. The lowest BCUT2D eigenvalue weighted by Crippen LogP contribution is -2.49. The standard InChI is InChI=1S/C16H24N4O/c1-16(2)10-12(16)15(21)20-7-5-19(6-8-20)14-9-13(17-18-14)11-3-4-11/h9,11-12H,3-8,10H2,1-2H3,(H,17,18). The number of carbonyl (C=O) groups is 1. The van der Waals surface area contributed by atoms with Crippen LogP contribution in [0, 0.1) is 11.3 Å². The van der Waals surface area contributed by atoms with Gasteiger partial charge in [0.05, 0.1) is 0 Å². The van der Waals surface area contributed by atoms with Crippen LogP contribution >= 0.6 is 0 Å². The van der Waals surface area contributed by atoms with Crippen LogP contribution in [-0.2, 0) is 4.79 Å². The number of aromatic nitrogens is 2. The molecule has 3 aliphatic rings. The zero-order chi connectivity index (χ0) is 14.6. The fourth-order valence-electron chi connectivity index (χ4n) is 3.36. The molecule has 1 unspecified atom stereocenters. The third kappa shape index (κ3) is 2.43. The first kappa shape index (κ1) is 13.2. The average molecular weight is 288 g/mol. The summed E-state index contributed by atoms with van der Waals surface area (Å²) >= 11 is 0. The molecular formula is C16H24N4O. The van der Waals surface area contributed by atoms with Crippen LogP contribution in [0.15, 0.2) is 6.07 Å². The van der Waals surface area contributed by atoms with Gasteiger partial charge in [0.15, 0.2) is 5.82 Å². The van der Waals surface area contributed by atoms with E-state index >= 15 is 0 Å². The molecule has 0 spiro atoms. The molecule has 21 heavy (non-hydrogen) atoms. The van der Waals surface area contributed by atoms with Gasteiger partial charge in [-0.15, -0.1) is 0 Å². The van der Waals surface area contributed by atoms with Crippen molar-refractivity contribution in [2.24, 2.45) is 11.3 Å². The van der Waals surface area contributed by atoms with Crippen molar-refractivity contribution in [3.63, 3.8) is 0 Å². The van der Waals surface area contributed by atoms with E-state index in [0.29, 0.717) is 11.8 Å². The predicted octanol–water partition coefficient (Wildman–Crippen LogP) is 1.98. The second kappa shape index (κ2) is 4.49. The van der Waals surface area contributed by atoms with Crippen LogP contribution in [0.25, 0.3) is 0 Å². The number of H-pyrrole nitrogens is 1. The van der Waals surface area contributed by atoms with E-state index in [4.69, 9.17) is 0 Å². The first-order valence-electron chi connectivity index (χ1n) is 8.14. The summed E-state index contributed by atoms with van der Waals surface area (Å²) in [6.45, 7) is 7.83. The summed E-state index contributed by atoms with van der Waals surface area (Å²) in [5, 5.41) is 7.60. The van der Waals surface area contributed by atoms with Gasteiger partial charge in [0.2, 0.25) is 5.91 Å². The van der Waals surface area contributed by atoms with E-state index in [1.807, 2.05) is 4.90 Å². The summed E-state index contributed by atoms with van der Waals surface area (Å²) in [5.74, 6) is 2.39. The minimum absolute atomic E-state index is 0.232. The van der Waals surface area contributed by atoms with Crippen molar-refractivity contribution in [3.05, 3.63) is 11.8 Å².